The molecule has 15 heavy (non-hydrogen) atoms. The summed E-state index contributed by atoms with van der Waals surface area (Å²) >= 11 is 0. The van der Waals surface area contributed by atoms with Crippen molar-refractivity contribution in [1.29, 1.82) is 0 Å². The zero-order valence-corrected chi connectivity index (χ0v) is 7.90. The smallest absolute Gasteiger partial charge is 0.270 e. The highest BCUT2D eigenvalue weighted by atomic mass is 16.1. The van der Waals surface area contributed by atoms with Crippen molar-refractivity contribution in [2.45, 2.75) is 0 Å². The van der Waals surface area contributed by atoms with Crippen LogP contribution in [0.3, 0.4) is 0 Å². The van der Waals surface area contributed by atoms with Gasteiger partial charge in [-0.3, -0.25) is 4.79 Å². The zero-order valence-electron chi connectivity index (χ0n) is 7.90. The molecule has 0 unspecified atom stereocenters. The van der Waals surface area contributed by atoms with Gasteiger partial charge in [0.25, 0.3) is 5.91 Å². The highest BCUT2D eigenvalue weighted by Gasteiger charge is 2.04. The van der Waals surface area contributed by atoms with Crippen LogP contribution in [0.5, 0.6) is 0 Å². The number of carbonyl (C=O) groups excluding carboxylic acids is 1. The normalized spacial score (nSPS) is 13.2. The lowest BCUT2D eigenvalue weighted by Crippen LogP contribution is -2.20. The molecule has 0 saturated carbocycles. The van der Waals surface area contributed by atoms with E-state index in [-0.39, 0.29) is 5.91 Å². The number of hydrogen-bond donors (Lipinski definition) is 1. The summed E-state index contributed by atoms with van der Waals surface area (Å²) in [5.41, 5.74) is 2.08. The summed E-state index contributed by atoms with van der Waals surface area (Å²) in [6.45, 7) is 0. The predicted molar refractivity (Wildman–Crippen MR) is 56.5 cm³/mol. The SMILES string of the molecule is O=C1C=c2ccc(-c3ccc[nH]3)cc2=N1. The molecule has 3 heteroatoms. The maximum Gasteiger partial charge on any atom is 0.270 e. The van der Waals surface area contributed by atoms with Gasteiger partial charge in [-0.2, -0.15) is 0 Å². The number of nitrogens with zero attached hydrogens (tertiary/aromatic N) is 1. The molecule has 0 fully saturated rings. The molecule has 0 radical (unpaired) electrons. The van der Waals surface area contributed by atoms with Crippen LogP contribution in [0.15, 0.2) is 41.5 Å². The van der Waals surface area contributed by atoms with Crippen molar-refractivity contribution in [1.82, 2.24) is 4.98 Å². The van der Waals surface area contributed by atoms with Crippen molar-refractivity contribution in [3.05, 3.63) is 47.1 Å². The zero-order chi connectivity index (χ0) is 10.3. The topological polar surface area (TPSA) is 45.2 Å². The first-order valence-electron chi connectivity index (χ1n) is 4.71. The lowest BCUT2D eigenvalue weighted by Gasteiger charge is -1.95. The van der Waals surface area contributed by atoms with Gasteiger partial charge in [-0.05, 0) is 18.2 Å². The molecule has 0 saturated heterocycles. The van der Waals surface area contributed by atoms with Crippen molar-refractivity contribution < 1.29 is 4.79 Å². The van der Waals surface area contributed by atoms with Gasteiger partial charge in [0.05, 0.1) is 5.36 Å². The molecule has 1 aliphatic heterocycles. The lowest BCUT2D eigenvalue weighted by molar-refractivity contribution is -0.112. The van der Waals surface area contributed by atoms with E-state index >= 15 is 0 Å². The van der Waals surface area contributed by atoms with Gasteiger partial charge in [-0.25, -0.2) is 4.99 Å². The maximum absolute atomic E-state index is 11.1. The number of benzene rings is 1. The number of fused-ring (bicyclic) bond motifs is 1. The largest absolute Gasteiger partial charge is 0.361 e. The average molecular weight is 196 g/mol. The van der Waals surface area contributed by atoms with E-state index in [4.69, 9.17) is 0 Å². The molecule has 3 rings (SSSR count). The quantitative estimate of drug-likeness (QED) is 0.714. The molecule has 3 nitrogen and oxygen atoms in total. The fraction of sp³-hybridized carbons (Fsp3) is 0. The van der Waals surface area contributed by atoms with E-state index in [1.807, 2.05) is 36.5 Å². The van der Waals surface area contributed by atoms with Crippen molar-refractivity contribution in [2.24, 2.45) is 4.99 Å². The number of aromatic amines is 1. The number of nitrogens with one attached hydrogen (secondary N) is 1. The molecule has 0 bridgehead atoms. The Balaban J connectivity index is 2.25. The van der Waals surface area contributed by atoms with Crippen molar-refractivity contribution in [3.8, 4) is 11.3 Å². The molecule has 0 spiro atoms. The van der Waals surface area contributed by atoms with Gasteiger partial charge >= 0.3 is 0 Å². The fourth-order valence-electron chi connectivity index (χ4n) is 1.72. The van der Waals surface area contributed by atoms with Gasteiger partial charge in [0.1, 0.15) is 0 Å². The van der Waals surface area contributed by atoms with E-state index in [2.05, 4.69) is 9.98 Å². The maximum atomic E-state index is 11.1. The number of hydrogen-bond acceptors (Lipinski definition) is 1. The lowest BCUT2D eigenvalue weighted by atomic mass is 10.1. The Bertz CT molecular complexity index is 639. The monoisotopic (exact) mass is 196 g/mol. The Morgan fingerprint density at radius 2 is 2.13 bits per heavy atom. The van der Waals surface area contributed by atoms with Crippen molar-refractivity contribution in [2.75, 3.05) is 0 Å². The van der Waals surface area contributed by atoms with Crippen LogP contribution in [0, 0.1) is 0 Å². The minimum atomic E-state index is -0.173. The standard InChI is InChI=1S/C12H8N2O/c15-12-7-9-4-3-8(6-11(9)14-12)10-2-1-5-13-10/h1-7,13H. The Kier molecular flexibility index (Phi) is 1.59. The Hall–Kier alpha value is -2.16. The van der Waals surface area contributed by atoms with E-state index in [0.29, 0.717) is 0 Å². The highest BCUT2D eigenvalue weighted by molar-refractivity contribution is 6.06. The van der Waals surface area contributed by atoms with Crippen LogP contribution >= 0.6 is 0 Å². The fourth-order valence-corrected chi connectivity index (χ4v) is 1.72. The van der Waals surface area contributed by atoms with Crippen LogP contribution in [0.1, 0.15) is 0 Å². The second kappa shape index (κ2) is 2.92. The first-order valence-corrected chi connectivity index (χ1v) is 4.71. The second-order valence-corrected chi connectivity index (χ2v) is 3.45. The molecule has 1 N–H and O–H groups in total. The van der Waals surface area contributed by atoms with E-state index < -0.39 is 0 Å². The molecular weight excluding hydrogens is 188 g/mol. The molecule has 0 aliphatic carbocycles. The van der Waals surface area contributed by atoms with Gasteiger partial charge in [0.2, 0.25) is 0 Å². The van der Waals surface area contributed by atoms with Crippen LogP contribution in [0.2, 0.25) is 0 Å². The van der Waals surface area contributed by atoms with Gasteiger partial charge in [-0.15, -0.1) is 0 Å². The number of aromatic nitrogens is 1. The molecule has 72 valence electrons. The number of amides is 1. The Morgan fingerprint density at radius 1 is 1.20 bits per heavy atom. The molecule has 2 heterocycles. The Morgan fingerprint density at radius 3 is 2.93 bits per heavy atom. The molecule has 1 amide bonds. The van der Waals surface area contributed by atoms with Gasteiger partial charge in [-0.1, -0.05) is 12.1 Å². The van der Waals surface area contributed by atoms with E-state index in [0.717, 1.165) is 21.8 Å². The summed E-state index contributed by atoms with van der Waals surface area (Å²) in [6.07, 6.45) is 3.42. The second-order valence-electron chi connectivity index (χ2n) is 3.45. The van der Waals surface area contributed by atoms with E-state index in [9.17, 15) is 4.79 Å². The van der Waals surface area contributed by atoms with Crippen molar-refractivity contribution in [3.63, 3.8) is 0 Å². The number of rotatable bonds is 1. The summed E-state index contributed by atoms with van der Waals surface area (Å²) in [7, 11) is 0. The third-order valence-corrected chi connectivity index (χ3v) is 2.45. The summed E-state index contributed by atoms with van der Waals surface area (Å²) in [4.78, 5) is 18.1. The van der Waals surface area contributed by atoms with Gasteiger partial charge < -0.3 is 4.98 Å². The minimum absolute atomic E-state index is 0.173. The molecule has 0 atom stereocenters. The molecule has 1 aromatic heterocycles. The summed E-state index contributed by atoms with van der Waals surface area (Å²) < 4.78 is 0. The molecule has 1 aliphatic rings. The summed E-state index contributed by atoms with van der Waals surface area (Å²) in [5.74, 6) is -0.173. The molecule has 2 aromatic rings. The summed E-state index contributed by atoms with van der Waals surface area (Å²) in [5, 5.41) is 1.66. The predicted octanol–water partition coefficient (Wildman–Crippen LogP) is 0.622. The van der Waals surface area contributed by atoms with Gasteiger partial charge in [0.15, 0.2) is 0 Å². The van der Waals surface area contributed by atoms with Crippen LogP contribution in [0.4, 0.5) is 0 Å². The van der Waals surface area contributed by atoms with E-state index in [1.54, 1.807) is 6.08 Å². The summed E-state index contributed by atoms with van der Waals surface area (Å²) in [6, 6.07) is 9.75. The van der Waals surface area contributed by atoms with Crippen molar-refractivity contribution >= 4 is 12.0 Å². The Labute approximate surface area is 85.8 Å². The van der Waals surface area contributed by atoms with Crippen LogP contribution in [-0.2, 0) is 4.79 Å². The molecule has 1 aromatic carbocycles. The first-order chi connectivity index (χ1) is 7.33. The van der Waals surface area contributed by atoms with Gasteiger partial charge in [0, 0.05) is 28.7 Å². The average Bonchev–Trinajstić information content (AvgIpc) is 2.82. The van der Waals surface area contributed by atoms with E-state index in [1.165, 1.54) is 0 Å². The third-order valence-electron chi connectivity index (χ3n) is 2.45. The van der Waals surface area contributed by atoms with Crippen LogP contribution in [-0.4, -0.2) is 10.9 Å². The van der Waals surface area contributed by atoms with Crippen LogP contribution < -0.4 is 10.6 Å². The minimum Gasteiger partial charge on any atom is -0.361 e. The number of H-pyrrole nitrogens is 1. The third kappa shape index (κ3) is 1.29. The number of carbonyl (C=O) groups is 1. The molecular formula is C12H8N2O. The highest BCUT2D eigenvalue weighted by Crippen LogP contribution is 2.13. The first kappa shape index (κ1) is 8.17. The van der Waals surface area contributed by atoms with Crippen LogP contribution in [0.25, 0.3) is 17.3 Å².